The molecule has 5 heterocycles. The Morgan fingerprint density at radius 1 is 1.27 bits per heavy atom. The average Bonchev–Trinajstić information content (AvgIpc) is 2.98. The molecule has 0 radical (unpaired) electrons. The first kappa shape index (κ1) is 19.5. The predicted molar refractivity (Wildman–Crippen MR) is 113 cm³/mol. The molecule has 0 atom stereocenters. The van der Waals surface area contributed by atoms with Crippen LogP contribution in [0.2, 0.25) is 0 Å². The Balaban J connectivity index is 1.61. The molecule has 158 valence electrons. The molecule has 1 fully saturated rings. The zero-order chi connectivity index (χ0) is 20.9. The molecule has 0 unspecified atom stereocenters. The third kappa shape index (κ3) is 3.19. The molecule has 3 aromatic rings. The Bertz CT molecular complexity index is 1130. The topological polar surface area (TPSA) is 110 Å². The molecule has 10 heteroatoms. The van der Waals surface area contributed by atoms with Crippen molar-refractivity contribution in [3.63, 3.8) is 0 Å². The first-order valence-electron chi connectivity index (χ1n) is 9.92. The van der Waals surface area contributed by atoms with Crippen molar-refractivity contribution in [2.45, 2.75) is 44.0 Å². The number of aromatic nitrogens is 5. The lowest BCUT2D eigenvalue weighted by molar-refractivity contribution is -0.251. The second-order valence-corrected chi connectivity index (χ2v) is 8.63. The van der Waals surface area contributed by atoms with Crippen LogP contribution in [-0.4, -0.2) is 56.6 Å². The van der Waals surface area contributed by atoms with Crippen molar-refractivity contribution in [3.8, 4) is 5.75 Å². The van der Waals surface area contributed by atoms with Gasteiger partial charge in [-0.3, -0.25) is 4.98 Å². The number of nitrogens with two attached hydrogens (primary N) is 1. The molecule has 2 aliphatic heterocycles. The molecule has 1 spiro atoms. The fourth-order valence-electron chi connectivity index (χ4n) is 4.12. The van der Waals surface area contributed by atoms with Gasteiger partial charge in [-0.15, -0.1) is 0 Å². The van der Waals surface area contributed by atoms with Gasteiger partial charge in [0.05, 0.1) is 49.4 Å². The van der Waals surface area contributed by atoms with Gasteiger partial charge in [0.15, 0.2) is 11.4 Å². The monoisotopic (exact) mass is 428 g/mol. The molecule has 1 saturated heterocycles. The molecular weight excluding hydrogens is 404 g/mol. The summed E-state index contributed by atoms with van der Waals surface area (Å²) in [5.74, 6) is 1.02. The largest absolute Gasteiger partial charge is 0.496 e. The summed E-state index contributed by atoms with van der Waals surface area (Å²) in [5, 5.41) is 6.63. The van der Waals surface area contributed by atoms with E-state index in [2.05, 4.69) is 15.0 Å². The van der Waals surface area contributed by atoms with E-state index in [4.69, 9.17) is 25.0 Å². The lowest BCUT2D eigenvalue weighted by atomic mass is 10.1. The van der Waals surface area contributed by atoms with Crippen LogP contribution in [0, 0.1) is 13.8 Å². The van der Waals surface area contributed by atoms with Gasteiger partial charge in [0.25, 0.3) is 0 Å². The quantitative estimate of drug-likeness (QED) is 0.628. The van der Waals surface area contributed by atoms with Crippen molar-refractivity contribution in [1.29, 1.82) is 0 Å². The van der Waals surface area contributed by atoms with Crippen molar-refractivity contribution >= 4 is 28.7 Å². The molecule has 0 bridgehead atoms. The molecule has 0 amide bonds. The molecule has 2 aliphatic rings. The van der Waals surface area contributed by atoms with Gasteiger partial charge in [-0.25, -0.2) is 9.67 Å². The van der Waals surface area contributed by atoms with Crippen LogP contribution >= 0.6 is 11.8 Å². The third-order valence-electron chi connectivity index (χ3n) is 5.58. The number of hydrogen-bond donors (Lipinski definition) is 1. The Labute approximate surface area is 178 Å². The maximum Gasteiger partial charge on any atom is 0.223 e. The average molecular weight is 429 g/mol. The van der Waals surface area contributed by atoms with Gasteiger partial charge in [-0.2, -0.15) is 10.1 Å². The minimum Gasteiger partial charge on any atom is -0.496 e. The number of pyridine rings is 1. The second kappa shape index (κ2) is 7.36. The van der Waals surface area contributed by atoms with Crippen LogP contribution in [0.5, 0.6) is 5.75 Å². The Hall–Kier alpha value is -2.43. The lowest BCUT2D eigenvalue weighted by Gasteiger charge is -2.35. The highest BCUT2D eigenvalue weighted by Gasteiger charge is 2.40. The zero-order valence-electron chi connectivity index (χ0n) is 17.3. The predicted octanol–water partition coefficient (Wildman–Crippen LogP) is 2.26. The van der Waals surface area contributed by atoms with Crippen LogP contribution in [0.25, 0.3) is 11.0 Å². The first-order valence-corrected chi connectivity index (χ1v) is 10.9. The fraction of sp³-hybridized carbons (Fsp3) is 0.500. The number of rotatable bonds is 3. The Kier molecular flexibility index (Phi) is 4.79. The number of methoxy groups -OCH3 is 1. The minimum absolute atomic E-state index is 0.227. The van der Waals surface area contributed by atoms with E-state index >= 15 is 0 Å². The highest BCUT2D eigenvalue weighted by molar-refractivity contribution is 7.99. The van der Waals surface area contributed by atoms with Crippen LogP contribution < -0.4 is 10.5 Å². The molecule has 2 N–H and O–H groups in total. The molecule has 5 rings (SSSR count). The number of anilines is 1. The van der Waals surface area contributed by atoms with Crippen molar-refractivity contribution in [2.24, 2.45) is 0 Å². The van der Waals surface area contributed by atoms with Crippen molar-refractivity contribution in [2.75, 3.05) is 31.8 Å². The third-order valence-corrected chi connectivity index (χ3v) is 6.74. The van der Waals surface area contributed by atoms with Gasteiger partial charge < -0.3 is 19.9 Å². The summed E-state index contributed by atoms with van der Waals surface area (Å²) in [6.07, 6.45) is 3.27. The van der Waals surface area contributed by atoms with Crippen LogP contribution in [0.4, 0.5) is 5.95 Å². The lowest BCUT2D eigenvalue weighted by Crippen LogP contribution is -2.44. The molecule has 9 nitrogen and oxygen atoms in total. The van der Waals surface area contributed by atoms with Gasteiger partial charge in [0, 0.05) is 23.7 Å². The molecule has 0 aromatic carbocycles. The van der Waals surface area contributed by atoms with Crippen LogP contribution in [0.15, 0.2) is 11.2 Å². The smallest absolute Gasteiger partial charge is 0.223 e. The first-order chi connectivity index (χ1) is 14.5. The van der Waals surface area contributed by atoms with Gasteiger partial charge in [0.2, 0.25) is 5.95 Å². The number of nitrogens with zero attached hydrogens (tertiary/aromatic N) is 5. The highest BCUT2D eigenvalue weighted by atomic mass is 32.2. The van der Waals surface area contributed by atoms with Crippen LogP contribution in [0.1, 0.15) is 28.9 Å². The van der Waals surface area contributed by atoms with Gasteiger partial charge in [-0.05, 0) is 20.3 Å². The van der Waals surface area contributed by atoms with E-state index in [-0.39, 0.29) is 5.95 Å². The molecule has 30 heavy (non-hydrogen) atoms. The molecule has 0 saturated carbocycles. The van der Waals surface area contributed by atoms with E-state index in [0.29, 0.717) is 37.6 Å². The SMILES string of the molecule is COc1c(C)cnc(Cn2nc3c4c(nc(N)nc42)SCC2(C3)OCCCO2)c1C. The summed E-state index contributed by atoms with van der Waals surface area (Å²) >= 11 is 1.58. The van der Waals surface area contributed by atoms with E-state index in [1.807, 2.05) is 24.7 Å². The number of thioether (sulfide) groups is 1. The molecule has 0 aliphatic carbocycles. The summed E-state index contributed by atoms with van der Waals surface area (Å²) in [5.41, 5.74) is 10.5. The van der Waals surface area contributed by atoms with Crippen molar-refractivity contribution < 1.29 is 14.2 Å². The van der Waals surface area contributed by atoms with Gasteiger partial charge in [-0.1, -0.05) is 11.8 Å². The van der Waals surface area contributed by atoms with Crippen molar-refractivity contribution in [1.82, 2.24) is 24.7 Å². The molecule has 3 aromatic heterocycles. The van der Waals surface area contributed by atoms with E-state index in [1.54, 1.807) is 18.9 Å². The highest BCUT2D eigenvalue weighted by Crippen LogP contribution is 2.40. The zero-order valence-corrected chi connectivity index (χ0v) is 18.1. The van der Waals surface area contributed by atoms with Gasteiger partial charge >= 0.3 is 0 Å². The van der Waals surface area contributed by atoms with E-state index in [1.165, 1.54) is 0 Å². The maximum absolute atomic E-state index is 6.07. The summed E-state index contributed by atoms with van der Waals surface area (Å²) in [4.78, 5) is 13.6. The van der Waals surface area contributed by atoms with E-state index in [0.717, 1.165) is 45.1 Å². The van der Waals surface area contributed by atoms with Crippen molar-refractivity contribution in [3.05, 3.63) is 28.7 Å². The second-order valence-electron chi connectivity index (χ2n) is 7.66. The number of hydrogen-bond acceptors (Lipinski definition) is 9. The summed E-state index contributed by atoms with van der Waals surface area (Å²) in [7, 11) is 1.67. The Morgan fingerprint density at radius 2 is 2.07 bits per heavy atom. The van der Waals surface area contributed by atoms with Crippen LogP contribution in [0.3, 0.4) is 0 Å². The maximum atomic E-state index is 6.07. The minimum atomic E-state index is -0.689. The van der Waals surface area contributed by atoms with Crippen LogP contribution in [-0.2, 0) is 22.4 Å². The molecular formula is C20H24N6O3S. The van der Waals surface area contributed by atoms with E-state index < -0.39 is 5.79 Å². The fourth-order valence-corrected chi connectivity index (χ4v) is 5.26. The summed E-state index contributed by atoms with van der Waals surface area (Å²) in [6, 6.07) is 0. The summed E-state index contributed by atoms with van der Waals surface area (Å²) < 4.78 is 19.5. The number of aryl methyl sites for hydroxylation is 1. The van der Waals surface area contributed by atoms with E-state index in [9.17, 15) is 0 Å². The standard InChI is InChI=1S/C20H24N6O3S/c1-11-8-22-14(12(2)16(11)27-3)9-26-17-15-13(25-26)7-20(28-5-4-6-29-20)10-30-18(15)24-19(21)23-17/h8H,4-7,9-10H2,1-3H3,(H2,21,23,24). The van der Waals surface area contributed by atoms with Gasteiger partial charge in [0.1, 0.15) is 10.8 Å². The Morgan fingerprint density at radius 3 is 2.83 bits per heavy atom. The summed E-state index contributed by atoms with van der Waals surface area (Å²) in [6.45, 7) is 5.81. The normalized spacial score (nSPS) is 18.0. The number of ether oxygens (including phenoxy) is 3. The number of nitrogen functional groups attached to an aromatic ring is 1.